The molecule has 0 aliphatic rings. The maximum Gasteiger partial charge on any atom is 0.252 e. The molecule has 0 spiro atoms. The monoisotopic (exact) mass is 339 g/mol. The molecule has 0 saturated carbocycles. The molecule has 2 aromatic rings. The predicted molar refractivity (Wildman–Crippen MR) is 98.0 cm³/mol. The highest BCUT2D eigenvalue weighted by Gasteiger charge is 2.22. The molecule has 5 nitrogen and oxygen atoms in total. The zero-order valence-electron chi connectivity index (χ0n) is 15.0. The number of carbonyl (C=O) groups excluding carboxylic acids is 2. The van der Waals surface area contributed by atoms with E-state index in [4.69, 9.17) is 0 Å². The van der Waals surface area contributed by atoms with Gasteiger partial charge in [0, 0.05) is 24.5 Å². The molecule has 2 N–H and O–H groups in total. The Balaban J connectivity index is 2.03. The topological polar surface area (TPSA) is 71.1 Å². The second kappa shape index (κ2) is 8.97. The first-order valence-corrected chi connectivity index (χ1v) is 8.50. The van der Waals surface area contributed by atoms with Crippen LogP contribution in [-0.2, 0) is 11.3 Å². The molecule has 1 atom stereocenters. The van der Waals surface area contributed by atoms with Crippen LogP contribution in [0.5, 0.6) is 0 Å². The van der Waals surface area contributed by atoms with Crippen molar-refractivity contribution in [2.45, 2.75) is 39.8 Å². The molecule has 2 rings (SSSR count). The molecule has 1 aromatic carbocycles. The molecule has 0 saturated heterocycles. The smallest absolute Gasteiger partial charge is 0.252 e. The van der Waals surface area contributed by atoms with Gasteiger partial charge >= 0.3 is 0 Å². The molecule has 0 aliphatic carbocycles. The largest absolute Gasteiger partial charge is 0.350 e. The first-order chi connectivity index (χ1) is 12.0. The fraction of sp³-hybridized carbons (Fsp3) is 0.350. The lowest BCUT2D eigenvalue weighted by Gasteiger charge is -2.20. The maximum atomic E-state index is 12.6. The summed E-state index contributed by atoms with van der Waals surface area (Å²) in [6.07, 6.45) is 3.98. The Hall–Kier alpha value is -2.69. The Morgan fingerprint density at radius 2 is 1.88 bits per heavy atom. The summed E-state index contributed by atoms with van der Waals surface area (Å²) in [6, 6.07) is 10.5. The highest BCUT2D eigenvalue weighted by Crippen LogP contribution is 2.10. The molecule has 0 radical (unpaired) electrons. The van der Waals surface area contributed by atoms with Crippen molar-refractivity contribution in [3.8, 4) is 0 Å². The van der Waals surface area contributed by atoms with Crippen LogP contribution in [0.4, 0.5) is 0 Å². The summed E-state index contributed by atoms with van der Waals surface area (Å²) in [5.74, 6) is -0.119. The van der Waals surface area contributed by atoms with Crippen molar-refractivity contribution in [3.05, 3.63) is 65.5 Å². The van der Waals surface area contributed by atoms with Crippen LogP contribution in [-0.4, -0.2) is 22.8 Å². The van der Waals surface area contributed by atoms with Crippen LogP contribution >= 0.6 is 0 Å². The van der Waals surface area contributed by atoms with E-state index >= 15 is 0 Å². The van der Waals surface area contributed by atoms with Crippen molar-refractivity contribution in [2.24, 2.45) is 5.92 Å². The number of benzene rings is 1. The van der Waals surface area contributed by atoms with Gasteiger partial charge in [0.1, 0.15) is 6.04 Å². The maximum absolute atomic E-state index is 12.6. The average molecular weight is 339 g/mol. The number of nitrogens with zero attached hydrogens (tertiary/aromatic N) is 1. The van der Waals surface area contributed by atoms with E-state index in [1.54, 1.807) is 18.5 Å². The molecule has 0 unspecified atom stereocenters. The van der Waals surface area contributed by atoms with E-state index < -0.39 is 6.04 Å². The van der Waals surface area contributed by atoms with Crippen molar-refractivity contribution in [2.75, 3.05) is 0 Å². The van der Waals surface area contributed by atoms with Crippen LogP contribution in [0.15, 0.2) is 48.8 Å². The van der Waals surface area contributed by atoms with Crippen molar-refractivity contribution in [1.29, 1.82) is 0 Å². The molecule has 0 fully saturated rings. The van der Waals surface area contributed by atoms with Gasteiger partial charge in [0.25, 0.3) is 5.91 Å². The summed E-state index contributed by atoms with van der Waals surface area (Å²) in [5.41, 5.74) is 2.40. The third kappa shape index (κ3) is 5.71. The Bertz CT molecular complexity index is 714. The molecule has 132 valence electrons. The normalized spacial score (nSPS) is 11.8. The van der Waals surface area contributed by atoms with E-state index in [-0.39, 0.29) is 17.7 Å². The second-order valence-corrected chi connectivity index (χ2v) is 6.55. The lowest BCUT2D eigenvalue weighted by Crippen LogP contribution is -2.47. The number of hydrogen-bond donors (Lipinski definition) is 2. The van der Waals surface area contributed by atoms with Gasteiger partial charge in [0.2, 0.25) is 5.91 Å². The van der Waals surface area contributed by atoms with E-state index in [0.29, 0.717) is 18.5 Å². The number of rotatable bonds is 7. The molecule has 1 heterocycles. The summed E-state index contributed by atoms with van der Waals surface area (Å²) in [4.78, 5) is 29.1. The number of aromatic nitrogens is 1. The van der Waals surface area contributed by atoms with Gasteiger partial charge in [-0.25, -0.2) is 0 Å². The second-order valence-electron chi connectivity index (χ2n) is 6.55. The van der Waals surface area contributed by atoms with E-state index in [1.807, 2.05) is 51.1 Å². The Kier molecular flexibility index (Phi) is 6.69. The summed E-state index contributed by atoms with van der Waals surface area (Å²) in [7, 11) is 0. The number of amides is 2. The van der Waals surface area contributed by atoms with Gasteiger partial charge in [-0.3, -0.25) is 14.6 Å². The summed E-state index contributed by atoms with van der Waals surface area (Å²) in [5, 5.41) is 5.76. The van der Waals surface area contributed by atoms with E-state index in [0.717, 1.165) is 11.1 Å². The van der Waals surface area contributed by atoms with Crippen LogP contribution in [0.2, 0.25) is 0 Å². The number of carbonyl (C=O) groups is 2. The van der Waals surface area contributed by atoms with E-state index in [9.17, 15) is 9.59 Å². The summed E-state index contributed by atoms with van der Waals surface area (Å²) >= 11 is 0. The zero-order valence-corrected chi connectivity index (χ0v) is 15.0. The Morgan fingerprint density at radius 1 is 1.12 bits per heavy atom. The first kappa shape index (κ1) is 18.6. The van der Waals surface area contributed by atoms with Crippen LogP contribution in [0.25, 0.3) is 0 Å². The zero-order chi connectivity index (χ0) is 18.2. The SMILES string of the molecule is Cc1ccccc1C(=O)N[C@@H](CC(C)C)C(=O)NCc1cccnc1. The van der Waals surface area contributed by atoms with Gasteiger partial charge in [-0.2, -0.15) is 0 Å². The van der Waals surface area contributed by atoms with Gasteiger partial charge < -0.3 is 10.6 Å². The van der Waals surface area contributed by atoms with Gasteiger partial charge in [0.05, 0.1) is 0 Å². The average Bonchev–Trinajstić information content (AvgIpc) is 2.60. The fourth-order valence-electron chi connectivity index (χ4n) is 2.58. The summed E-state index contributed by atoms with van der Waals surface area (Å²) in [6.45, 7) is 6.33. The first-order valence-electron chi connectivity index (χ1n) is 8.50. The van der Waals surface area contributed by atoms with Crippen LogP contribution in [0, 0.1) is 12.8 Å². The van der Waals surface area contributed by atoms with Gasteiger partial charge in [-0.15, -0.1) is 0 Å². The lowest BCUT2D eigenvalue weighted by atomic mass is 10.0. The highest BCUT2D eigenvalue weighted by molar-refractivity contribution is 5.98. The molecule has 2 amide bonds. The van der Waals surface area contributed by atoms with Crippen LogP contribution in [0.1, 0.15) is 41.8 Å². The van der Waals surface area contributed by atoms with Gasteiger partial charge in [-0.05, 0) is 42.5 Å². The molecule has 25 heavy (non-hydrogen) atoms. The minimum atomic E-state index is -0.566. The Morgan fingerprint density at radius 3 is 2.52 bits per heavy atom. The standard InChI is InChI=1S/C20H25N3O2/c1-14(2)11-18(20(25)22-13-16-8-6-10-21-12-16)23-19(24)17-9-5-4-7-15(17)3/h4-10,12,14,18H,11,13H2,1-3H3,(H,22,25)(H,23,24)/t18-/m0/s1. The third-order valence-electron chi connectivity index (χ3n) is 3.91. The number of pyridine rings is 1. The van der Waals surface area contributed by atoms with Crippen molar-refractivity contribution >= 4 is 11.8 Å². The van der Waals surface area contributed by atoms with Crippen LogP contribution in [0.3, 0.4) is 0 Å². The summed E-state index contributed by atoms with van der Waals surface area (Å²) < 4.78 is 0. The number of nitrogens with one attached hydrogen (secondary N) is 2. The quantitative estimate of drug-likeness (QED) is 0.815. The van der Waals surface area contributed by atoms with Crippen molar-refractivity contribution in [3.63, 3.8) is 0 Å². The predicted octanol–water partition coefficient (Wildman–Crippen LogP) is 2.85. The minimum absolute atomic E-state index is 0.181. The third-order valence-corrected chi connectivity index (χ3v) is 3.91. The van der Waals surface area contributed by atoms with Gasteiger partial charge in [-0.1, -0.05) is 38.1 Å². The minimum Gasteiger partial charge on any atom is -0.350 e. The Labute approximate surface area is 148 Å². The molecule has 0 bridgehead atoms. The molecule has 5 heteroatoms. The molecular formula is C20H25N3O2. The molecule has 0 aliphatic heterocycles. The highest BCUT2D eigenvalue weighted by atomic mass is 16.2. The fourth-order valence-corrected chi connectivity index (χ4v) is 2.58. The number of hydrogen-bond acceptors (Lipinski definition) is 3. The van der Waals surface area contributed by atoms with Gasteiger partial charge in [0.15, 0.2) is 0 Å². The van der Waals surface area contributed by atoms with Crippen molar-refractivity contribution in [1.82, 2.24) is 15.6 Å². The van der Waals surface area contributed by atoms with Crippen molar-refractivity contribution < 1.29 is 9.59 Å². The number of aryl methyl sites for hydroxylation is 1. The lowest BCUT2D eigenvalue weighted by molar-refractivity contribution is -0.123. The molecular weight excluding hydrogens is 314 g/mol. The van der Waals surface area contributed by atoms with E-state index in [1.165, 1.54) is 0 Å². The molecule has 1 aromatic heterocycles. The van der Waals surface area contributed by atoms with E-state index in [2.05, 4.69) is 15.6 Å². The van der Waals surface area contributed by atoms with Crippen LogP contribution < -0.4 is 10.6 Å².